The van der Waals surface area contributed by atoms with Gasteiger partial charge in [-0.1, -0.05) is 56.7 Å². The highest BCUT2D eigenvalue weighted by Crippen LogP contribution is 2.34. The molecule has 0 saturated heterocycles. The molecule has 1 aromatic rings. The van der Waals surface area contributed by atoms with Crippen LogP contribution < -0.4 is 0 Å². The highest BCUT2D eigenvalue weighted by atomic mass is 16.5. The molecule has 1 unspecified atom stereocenters. The predicted octanol–water partition coefficient (Wildman–Crippen LogP) is 4.25. The first-order valence-electron chi connectivity index (χ1n) is 7.57. The van der Waals surface area contributed by atoms with E-state index >= 15 is 0 Å². The molecule has 0 heterocycles. The molecule has 1 aliphatic rings. The second kappa shape index (κ2) is 7.07. The molecule has 2 atom stereocenters. The van der Waals surface area contributed by atoms with Crippen molar-refractivity contribution < 1.29 is 4.74 Å². The monoisotopic (exact) mass is 292 g/mol. The summed E-state index contributed by atoms with van der Waals surface area (Å²) in [4.78, 5) is 0. The van der Waals surface area contributed by atoms with Gasteiger partial charge < -0.3 is 4.74 Å². The van der Waals surface area contributed by atoms with Crippen LogP contribution in [0.4, 0.5) is 0 Å². The Hall–Kier alpha value is -2.36. The van der Waals surface area contributed by atoms with Crippen LogP contribution in [0.25, 0.3) is 5.57 Å². The third kappa shape index (κ3) is 3.45. The van der Waals surface area contributed by atoms with E-state index in [0.29, 0.717) is 24.5 Å². The van der Waals surface area contributed by atoms with Crippen molar-refractivity contribution in [1.82, 2.24) is 0 Å². The lowest BCUT2D eigenvalue weighted by molar-refractivity contribution is 0.0136. The average molecular weight is 292 g/mol. The SMILES string of the molecule is CCC(C)CO[C@]1(C#N)C=CC(c2ccccc2)=C(C#N)C1. The Bertz CT molecular complexity index is 661. The maximum Gasteiger partial charge on any atom is 0.177 e. The number of nitrogens with zero attached hydrogens (tertiary/aromatic N) is 2. The normalized spacial score (nSPS) is 22.0. The van der Waals surface area contributed by atoms with Gasteiger partial charge in [0.15, 0.2) is 5.60 Å². The van der Waals surface area contributed by atoms with E-state index in [-0.39, 0.29) is 0 Å². The second-order valence-electron chi connectivity index (χ2n) is 5.71. The van der Waals surface area contributed by atoms with Gasteiger partial charge in [-0.3, -0.25) is 0 Å². The molecule has 0 aliphatic heterocycles. The molecule has 0 aromatic heterocycles. The summed E-state index contributed by atoms with van der Waals surface area (Å²) in [5.74, 6) is 0.392. The van der Waals surface area contributed by atoms with Crippen molar-refractivity contribution in [1.29, 1.82) is 10.5 Å². The highest BCUT2D eigenvalue weighted by Gasteiger charge is 2.34. The van der Waals surface area contributed by atoms with Gasteiger partial charge in [-0.15, -0.1) is 0 Å². The van der Waals surface area contributed by atoms with Gasteiger partial charge in [-0.25, -0.2) is 0 Å². The van der Waals surface area contributed by atoms with Gasteiger partial charge >= 0.3 is 0 Å². The van der Waals surface area contributed by atoms with Crippen LogP contribution in [-0.4, -0.2) is 12.2 Å². The number of hydrogen-bond donors (Lipinski definition) is 0. The molecule has 0 saturated carbocycles. The van der Waals surface area contributed by atoms with Crippen molar-refractivity contribution in [3.8, 4) is 12.1 Å². The summed E-state index contributed by atoms with van der Waals surface area (Å²) in [6.45, 7) is 4.71. The molecular weight excluding hydrogens is 272 g/mol. The Balaban J connectivity index is 2.26. The summed E-state index contributed by atoms with van der Waals surface area (Å²) in [7, 11) is 0. The Kier molecular flexibility index (Phi) is 5.15. The minimum absolute atomic E-state index is 0.303. The van der Waals surface area contributed by atoms with Crippen molar-refractivity contribution in [3.63, 3.8) is 0 Å². The third-order valence-electron chi connectivity index (χ3n) is 4.02. The average Bonchev–Trinajstić information content (AvgIpc) is 2.60. The van der Waals surface area contributed by atoms with Crippen LogP contribution in [0.3, 0.4) is 0 Å². The van der Waals surface area contributed by atoms with E-state index < -0.39 is 5.60 Å². The molecule has 1 aromatic carbocycles. The summed E-state index contributed by atoms with van der Waals surface area (Å²) in [6, 6.07) is 14.2. The molecule has 0 amide bonds. The molecule has 3 heteroatoms. The summed E-state index contributed by atoms with van der Waals surface area (Å²) in [5, 5.41) is 19.0. The highest BCUT2D eigenvalue weighted by molar-refractivity contribution is 5.81. The zero-order valence-corrected chi connectivity index (χ0v) is 13.0. The van der Waals surface area contributed by atoms with Crippen LogP contribution in [-0.2, 0) is 4.74 Å². The van der Waals surface area contributed by atoms with Crippen molar-refractivity contribution in [2.45, 2.75) is 32.3 Å². The lowest BCUT2D eigenvalue weighted by Gasteiger charge is -2.28. The molecule has 0 radical (unpaired) electrons. The van der Waals surface area contributed by atoms with Crippen molar-refractivity contribution in [2.75, 3.05) is 6.61 Å². The fraction of sp³-hybridized carbons (Fsp3) is 0.368. The van der Waals surface area contributed by atoms with E-state index in [1.807, 2.05) is 36.4 Å². The van der Waals surface area contributed by atoms with Crippen LogP contribution in [0.1, 0.15) is 32.3 Å². The largest absolute Gasteiger partial charge is 0.356 e. The lowest BCUT2D eigenvalue weighted by Crippen LogP contribution is -2.32. The van der Waals surface area contributed by atoms with Gasteiger partial charge in [-0.05, 0) is 23.1 Å². The van der Waals surface area contributed by atoms with Crippen LogP contribution in [0, 0.1) is 28.6 Å². The number of benzene rings is 1. The number of allylic oxidation sites excluding steroid dienone is 2. The predicted molar refractivity (Wildman–Crippen MR) is 86.5 cm³/mol. The van der Waals surface area contributed by atoms with E-state index in [2.05, 4.69) is 26.0 Å². The maximum absolute atomic E-state index is 9.54. The third-order valence-corrected chi connectivity index (χ3v) is 4.02. The van der Waals surface area contributed by atoms with E-state index in [1.165, 1.54) is 0 Å². The first-order valence-corrected chi connectivity index (χ1v) is 7.57. The number of rotatable bonds is 5. The molecule has 0 bridgehead atoms. The fourth-order valence-electron chi connectivity index (χ4n) is 2.34. The lowest BCUT2D eigenvalue weighted by atomic mass is 9.84. The molecule has 0 fully saturated rings. The zero-order valence-electron chi connectivity index (χ0n) is 13.0. The van der Waals surface area contributed by atoms with Crippen molar-refractivity contribution in [3.05, 3.63) is 53.6 Å². The molecule has 112 valence electrons. The second-order valence-corrected chi connectivity index (χ2v) is 5.71. The van der Waals surface area contributed by atoms with E-state index in [0.717, 1.165) is 17.6 Å². The molecule has 1 aliphatic carbocycles. The van der Waals surface area contributed by atoms with Gasteiger partial charge in [0, 0.05) is 12.0 Å². The standard InChI is InChI=1S/C19H20N2O/c1-3-15(2)13-22-19(14-21)10-9-18(17(11-19)12-20)16-7-5-4-6-8-16/h4-10,15H,3,11,13H2,1-2H3/t15?,19-/m1/s1. The van der Waals surface area contributed by atoms with Crippen LogP contribution in [0.2, 0.25) is 0 Å². The van der Waals surface area contributed by atoms with Crippen LogP contribution in [0.5, 0.6) is 0 Å². The van der Waals surface area contributed by atoms with Crippen molar-refractivity contribution >= 4 is 5.57 Å². The zero-order chi connectivity index (χ0) is 16.0. The summed E-state index contributed by atoms with van der Waals surface area (Å²) < 4.78 is 5.86. The summed E-state index contributed by atoms with van der Waals surface area (Å²) in [6.07, 6.45) is 4.94. The van der Waals surface area contributed by atoms with Gasteiger partial charge in [0.05, 0.1) is 12.7 Å². The Morgan fingerprint density at radius 2 is 2.00 bits per heavy atom. The molecule has 2 rings (SSSR count). The van der Waals surface area contributed by atoms with Gasteiger partial charge in [0.25, 0.3) is 0 Å². The maximum atomic E-state index is 9.54. The minimum Gasteiger partial charge on any atom is -0.356 e. The topological polar surface area (TPSA) is 56.8 Å². The quantitative estimate of drug-likeness (QED) is 0.815. The molecule has 0 N–H and O–H groups in total. The molecular formula is C19H20N2O. The van der Waals surface area contributed by atoms with E-state index in [1.54, 1.807) is 6.08 Å². The van der Waals surface area contributed by atoms with E-state index in [4.69, 9.17) is 4.74 Å². The number of hydrogen-bond acceptors (Lipinski definition) is 3. The Morgan fingerprint density at radius 3 is 2.59 bits per heavy atom. The summed E-state index contributed by atoms with van der Waals surface area (Å²) in [5.41, 5.74) is 1.44. The fourth-order valence-corrected chi connectivity index (χ4v) is 2.34. The van der Waals surface area contributed by atoms with E-state index in [9.17, 15) is 10.5 Å². The molecule has 0 spiro atoms. The van der Waals surface area contributed by atoms with Crippen LogP contribution >= 0.6 is 0 Å². The van der Waals surface area contributed by atoms with Gasteiger partial charge in [-0.2, -0.15) is 10.5 Å². The first kappa shape index (κ1) is 16.0. The minimum atomic E-state index is -1.02. The molecule has 22 heavy (non-hydrogen) atoms. The number of nitriles is 2. The summed E-state index contributed by atoms with van der Waals surface area (Å²) >= 11 is 0. The van der Waals surface area contributed by atoms with Gasteiger partial charge in [0.1, 0.15) is 6.07 Å². The Morgan fingerprint density at radius 1 is 1.27 bits per heavy atom. The molecule has 3 nitrogen and oxygen atoms in total. The smallest absolute Gasteiger partial charge is 0.177 e. The van der Waals surface area contributed by atoms with Gasteiger partial charge in [0.2, 0.25) is 0 Å². The number of ether oxygens (including phenoxy) is 1. The first-order chi connectivity index (χ1) is 10.6. The van der Waals surface area contributed by atoms with Crippen molar-refractivity contribution in [2.24, 2.45) is 5.92 Å². The van der Waals surface area contributed by atoms with Crippen LogP contribution in [0.15, 0.2) is 48.1 Å². The Labute approximate surface area is 132 Å².